The minimum absolute atomic E-state index is 0.165. The largest absolute Gasteiger partial charge is 0.488 e. The summed E-state index contributed by atoms with van der Waals surface area (Å²) >= 11 is 7.32. The highest BCUT2D eigenvalue weighted by Gasteiger charge is 2.38. The number of fused-ring (bicyclic) bond motifs is 8. The second kappa shape index (κ2) is 13.7. The van der Waals surface area contributed by atoms with Crippen LogP contribution in [0.1, 0.15) is 70.3 Å². The number of anilines is 1. The molecule has 2 aromatic heterocycles. The van der Waals surface area contributed by atoms with Crippen molar-refractivity contribution in [2.75, 3.05) is 37.8 Å². The van der Waals surface area contributed by atoms with E-state index in [1.165, 1.54) is 0 Å². The Bertz CT molecular complexity index is 1930. The number of nitrogens with zero attached hydrogens (tertiary/aromatic N) is 3. The number of ether oxygens (including phenoxy) is 4. The fraction of sp³-hybridized carbons (Fsp3) is 0.474. The van der Waals surface area contributed by atoms with E-state index >= 15 is 0 Å². The fourth-order valence-electron chi connectivity index (χ4n) is 6.77. The van der Waals surface area contributed by atoms with E-state index < -0.39 is 41.0 Å². The van der Waals surface area contributed by atoms with Gasteiger partial charge in [0.05, 0.1) is 31.0 Å². The number of aliphatic carboxylic acids is 1. The predicted molar refractivity (Wildman–Crippen MR) is 188 cm³/mol. The van der Waals surface area contributed by atoms with Crippen LogP contribution in [0.3, 0.4) is 0 Å². The number of rotatable bonds is 3. The van der Waals surface area contributed by atoms with Gasteiger partial charge in [0.15, 0.2) is 17.7 Å². The van der Waals surface area contributed by atoms with Crippen LogP contribution in [-0.4, -0.2) is 70.7 Å². The van der Waals surface area contributed by atoms with Gasteiger partial charge in [0, 0.05) is 35.8 Å². The lowest BCUT2D eigenvalue weighted by molar-refractivity contribution is -0.160. The highest BCUT2D eigenvalue weighted by molar-refractivity contribution is 6.32. The second-order valence-electron chi connectivity index (χ2n) is 14.5. The lowest BCUT2D eigenvalue weighted by Crippen LogP contribution is -2.46. The molecular formula is C38H44ClF2N3O6. The molecular weight excluding hydrogens is 668 g/mol. The molecule has 1 N–H and O–H groups in total. The van der Waals surface area contributed by atoms with E-state index in [-0.39, 0.29) is 17.5 Å². The second-order valence-corrected chi connectivity index (χ2v) is 14.8. The van der Waals surface area contributed by atoms with E-state index in [2.05, 4.69) is 11.8 Å². The van der Waals surface area contributed by atoms with Gasteiger partial charge in [-0.25, -0.2) is 18.6 Å². The molecule has 0 radical (unpaired) electrons. The molecule has 3 aliphatic rings. The molecule has 268 valence electrons. The molecule has 50 heavy (non-hydrogen) atoms. The molecule has 2 atom stereocenters. The van der Waals surface area contributed by atoms with Crippen LogP contribution < -0.4 is 9.64 Å². The molecule has 4 aromatic rings. The zero-order chi connectivity index (χ0) is 36.1. The molecule has 1 fully saturated rings. The molecule has 9 nitrogen and oxygen atoms in total. The number of piperidine rings is 1. The number of carbonyl (C=O) groups is 1. The summed E-state index contributed by atoms with van der Waals surface area (Å²) in [7, 11) is 0. The molecule has 7 rings (SSSR count). The van der Waals surface area contributed by atoms with Crippen molar-refractivity contribution in [3.05, 3.63) is 69.9 Å². The minimum atomic E-state index is -1.29. The van der Waals surface area contributed by atoms with Gasteiger partial charge >= 0.3 is 5.97 Å². The molecule has 0 aliphatic carbocycles. The SMILES string of the molecule is Cc1c([C@H](OC(C)(C)C)C(=O)O)c2n3c(Cl)c(nc3c1C)-c1cccc(c1)-c1cc(F)c(F)cc1O[C@@H](C)COCCOC1(C)CCN2CC1. The number of halogens is 3. The number of pyridine rings is 1. The summed E-state index contributed by atoms with van der Waals surface area (Å²) in [5.74, 6) is -2.38. The van der Waals surface area contributed by atoms with Gasteiger partial charge in [0.2, 0.25) is 0 Å². The molecule has 0 amide bonds. The Morgan fingerprint density at radius 2 is 1.76 bits per heavy atom. The monoisotopic (exact) mass is 711 g/mol. The molecule has 0 unspecified atom stereocenters. The van der Waals surface area contributed by atoms with Crippen LogP contribution >= 0.6 is 11.6 Å². The van der Waals surface area contributed by atoms with Crippen LogP contribution in [0.25, 0.3) is 28.0 Å². The van der Waals surface area contributed by atoms with Crippen molar-refractivity contribution in [2.45, 2.75) is 84.7 Å². The molecule has 2 aromatic carbocycles. The van der Waals surface area contributed by atoms with Crippen molar-refractivity contribution in [3.63, 3.8) is 0 Å². The lowest BCUT2D eigenvalue weighted by atomic mass is 9.92. The Morgan fingerprint density at radius 3 is 2.44 bits per heavy atom. The molecule has 12 heteroatoms. The minimum Gasteiger partial charge on any atom is -0.488 e. The number of benzene rings is 2. The third-order valence-electron chi connectivity index (χ3n) is 9.48. The van der Waals surface area contributed by atoms with Crippen molar-refractivity contribution in [3.8, 4) is 28.1 Å². The van der Waals surface area contributed by atoms with Crippen LogP contribution in [0.15, 0.2) is 36.4 Å². The Balaban J connectivity index is 1.61. The van der Waals surface area contributed by atoms with Crippen molar-refractivity contribution >= 4 is 29.0 Å². The first kappa shape index (κ1) is 36.0. The zero-order valence-corrected chi connectivity index (χ0v) is 30.3. The Labute approximate surface area is 296 Å². The molecule has 3 aliphatic heterocycles. The smallest absolute Gasteiger partial charge is 0.337 e. The number of hydrogen-bond acceptors (Lipinski definition) is 7. The summed E-state index contributed by atoms with van der Waals surface area (Å²) in [6, 6.07) is 9.39. The number of carboxylic acids is 1. The van der Waals surface area contributed by atoms with Gasteiger partial charge in [0.1, 0.15) is 34.2 Å². The van der Waals surface area contributed by atoms with Gasteiger partial charge in [-0.1, -0.05) is 29.8 Å². The fourth-order valence-corrected chi connectivity index (χ4v) is 7.08. The van der Waals surface area contributed by atoms with E-state index in [9.17, 15) is 18.7 Å². The summed E-state index contributed by atoms with van der Waals surface area (Å²) in [6.07, 6.45) is -0.425. The van der Waals surface area contributed by atoms with Gasteiger partial charge in [0.25, 0.3) is 0 Å². The quantitative estimate of drug-likeness (QED) is 0.212. The normalized spacial score (nSPS) is 20.8. The maximum absolute atomic E-state index is 14.7. The Morgan fingerprint density at radius 1 is 1.08 bits per heavy atom. The number of hydrogen-bond donors (Lipinski definition) is 1. The maximum Gasteiger partial charge on any atom is 0.337 e. The van der Waals surface area contributed by atoms with Crippen LogP contribution in [-0.2, 0) is 19.0 Å². The van der Waals surface area contributed by atoms with Crippen LogP contribution in [0.5, 0.6) is 5.75 Å². The third kappa shape index (κ3) is 7.06. The highest BCUT2D eigenvalue weighted by atomic mass is 35.5. The van der Waals surface area contributed by atoms with Crippen molar-refractivity contribution in [1.29, 1.82) is 0 Å². The summed E-state index contributed by atoms with van der Waals surface area (Å²) in [5.41, 5.74) is 3.36. The van der Waals surface area contributed by atoms with Crippen molar-refractivity contribution in [2.24, 2.45) is 0 Å². The van der Waals surface area contributed by atoms with Gasteiger partial charge in [-0.15, -0.1) is 0 Å². The predicted octanol–water partition coefficient (Wildman–Crippen LogP) is 8.33. The maximum atomic E-state index is 14.7. The first-order valence-electron chi connectivity index (χ1n) is 16.9. The first-order valence-corrected chi connectivity index (χ1v) is 17.3. The third-order valence-corrected chi connectivity index (χ3v) is 9.83. The molecule has 0 spiro atoms. The standard InChI is InChI=1S/C38H44ClF2N3O6/c1-21-20-47-15-16-48-38(7)11-13-43(14-12-38)35-30(32(36(45)46)50-37(4,5)6)22(2)23(3)34-42-31(33(39)44(34)35)25-10-8-9-24(17-25)26-18-27(40)28(41)19-29(26)49-21/h8-10,17-19,21,32H,11-16,20H2,1-7H3,(H,45,46)/t21-,32-/m0/s1. The van der Waals surface area contributed by atoms with Gasteiger partial charge < -0.3 is 29.0 Å². The summed E-state index contributed by atoms with van der Waals surface area (Å²) < 4.78 is 55.6. The van der Waals surface area contributed by atoms with E-state index in [1.807, 2.05) is 51.2 Å². The van der Waals surface area contributed by atoms with E-state index in [1.54, 1.807) is 19.1 Å². The summed E-state index contributed by atoms with van der Waals surface area (Å²) in [6.45, 7) is 15.2. The molecule has 5 heterocycles. The van der Waals surface area contributed by atoms with E-state index in [4.69, 9.17) is 35.5 Å². The Hall–Kier alpha value is -3.77. The van der Waals surface area contributed by atoms with Gasteiger partial charge in [-0.05, 0) is 90.1 Å². The highest BCUT2D eigenvalue weighted by Crippen LogP contribution is 2.44. The van der Waals surface area contributed by atoms with Gasteiger partial charge in [-0.2, -0.15) is 0 Å². The van der Waals surface area contributed by atoms with Crippen LogP contribution in [0, 0.1) is 25.5 Å². The summed E-state index contributed by atoms with van der Waals surface area (Å²) in [5, 5.41) is 10.9. The number of imidazole rings is 1. The Kier molecular flexibility index (Phi) is 9.91. The lowest BCUT2D eigenvalue weighted by Gasteiger charge is -2.42. The summed E-state index contributed by atoms with van der Waals surface area (Å²) in [4.78, 5) is 20.2. The first-order chi connectivity index (χ1) is 23.6. The topological polar surface area (TPSA) is 94.8 Å². The average molecular weight is 712 g/mol. The number of aromatic nitrogens is 2. The molecule has 0 saturated carbocycles. The van der Waals surface area contributed by atoms with Crippen molar-refractivity contribution < 1.29 is 37.6 Å². The number of carboxylic acid groups (broad SMARTS) is 1. The van der Waals surface area contributed by atoms with Gasteiger partial charge in [-0.3, -0.25) is 4.40 Å². The average Bonchev–Trinajstić information content (AvgIpc) is 3.39. The van der Waals surface area contributed by atoms with Crippen LogP contribution in [0.2, 0.25) is 5.15 Å². The molecule has 6 bridgehead atoms. The van der Waals surface area contributed by atoms with Crippen molar-refractivity contribution in [1.82, 2.24) is 9.38 Å². The van der Waals surface area contributed by atoms with Crippen LogP contribution in [0.4, 0.5) is 14.6 Å². The zero-order valence-electron chi connectivity index (χ0n) is 29.5. The van der Waals surface area contributed by atoms with E-state index in [0.717, 1.165) is 23.3 Å². The molecule has 1 saturated heterocycles. The van der Waals surface area contributed by atoms with E-state index in [0.29, 0.717) is 78.6 Å². The number of aryl methyl sites for hydroxylation is 1.